The van der Waals surface area contributed by atoms with Gasteiger partial charge in [-0.2, -0.15) is 10.2 Å². The molecule has 6 heteroatoms. The molecule has 2 fully saturated rings. The molecule has 1 saturated carbocycles. The molecule has 0 spiro atoms. The van der Waals surface area contributed by atoms with Gasteiger partial charge in [0.15, 0.2) is 0 Å². The zero-order valence-corrected chi connectivity index (χ0v) is 16.7. The van der Waals surface area contributed by atoms with Crippen LogP contribution < -0.4 is 0 Å². The van der Waals surface area contributed by atoms with Gasteiger partial charge in [-0.15, -0.1) is 0 Å². The van der Waals surface area contributed by atoms with Gasteiger partial charge in [-0.05, 0) is 37.1 Å². The van der Waals surface area contributed by atoms with Gasteiger partial charge < -0.3 is 4.74 Å². The summed E-state index contributed by atoms with van der Waals surface area (Å²) in [7, 11) is 0. The normalized spacial score (nSPS) is 28.1. The maximum atomic E-state index is 5.71. The molecule has 6 nitrogen and oxygen atoms in total. The third-order valence-corrected chi connectivity index (χ3v) is 6.54. The van der Waals surface area contributed by atoms with Gasteiger partial charge in [-0.1, -0.05) is 31.4 Å². The van der Waals surface area contributed by atoms with Gasteiger partial charge in [0.25, 0.3) is 0 Å². The van der Waals surface area contributed by atoms with Crippen molar-refractivity contribution in [2.75, 3.05) is 26.3 Å². The second-order valence-corrected chi connectivity index (χ2v) is 8.04. The van der Waals surface area contributed by atoms with Crippen LogP contribution in [0.1, 0.15) is 43.5 Å². The van der Waals surface area contributed by atoms with Crippen molar-refractivity contribution in [3.8, 4) is 0 Å². The first-order valence-corrected chi connectivity index (χ1v) is 10.7. The molecule has 2 aliphatic heterocycles. The van der Waals surface area contributed by atoms with E-state index in [9.17, 15) is 0 Å². The number of hydrogen-bond acceptors (Lipinski definition) is 6. The fourth-order valence-corrected chi connectivity index (χ4v) is 5.25. The van der Waals surface area contributed by atoms with E-state index >= 15 is 0 Å². The van der Waals surface area contributed by atoms with Crippen molar-refractivity contribution in [3.63, 3.8) is 0 Å². The molecule has 3 aliphatic rings. The maximum Gasteiger partial charge on any atom is 0.110 e. The fraction of sp³-hybridized carbons (Fsp3) is 0.478. The number of rotatable bonds is 3. The highest BCUT2D eigenvalue weighted by Gasteiger charge is 2.53. The molecular formula is C23H27N5O. The van der Waals surface area contributed by atoms with Crippen LogP contribution in [0.4, 0.5) is 0 Å². The molecule has 2 aromatic heterocycles. The number of pyridine rings is 2. The Morgan fingerprint density at radius 2 is 1.62 bits per heavy atom. The van der Waals surface area contributed by atoms with Gasteiger partial charge in [0.2, 0.25) is 0 Å². The molecule has 4 heterocycles. The summed E-state index contributed by atoms with van der Waals surface area (Å²) in [5.74, 6) is 0.257. The molecule has 1 saturated heterocycles. The van der Waals surface area contributed by atoms with Crippen LogP contribution in [-0.4, -0.2) is 58.1 Å². The molecule has 2 unspecified atom stereocenters. The number of fused-ring (bicyclic) bond motifs is 1. The first-order valence-electron chi connectivity index (χ1n) is 10.7. The van der Waals surface area contributed by atoms with E-state index in [0.29, 0.717) is 0 Å². The topological polar surface area (TPSA) is 63.0 Å². The van der Waals surface area contributed by atoms with E-state index in [1.54, 1.807) is 0 Å². The standard InChI is InChI=1S/C23H27N5O/c1-2-8-18-21(19-9-3-6-12-24-19)26-27-22(20-10-4-7-13-25-20)23(18,11-5-1)28-14-16-29-17-15-28/h3-4,6-7,9-10,12-13,18H,1-2,5,8,11,14-17H2. The molecule has 0 N–H and O–H groups in total. The lowest BCUT2D eigenvalue weighted by atomic mass is 9.69. The van der Waals surface area contributed by atoms with Gasteiger partial charge in [0, 0.05) is 31.4 Å². The van der Waals surface area contributed by atoms with Crippen LogP contribution in [0.5, 0.6) is 0 Å². The minimum Gasteiger partial charge on any atom is -0.379 e. The van der Waals surface area contributed by atoms with Crippen LogP contribution in [0.25, 0.3) is 0 Å². The minimum absolute atomic E-state index is 0.205. The van der Waals surface area contributed by atoms with Crippen molar-refractivity contribution in [1.29, 1.82) is 0 Å². The average Bonchev–Trinajstić information content (AvgIpc) is 3.04. The third kappa shape index (κ3) is 3.30. The van der Waals surface area contributed by atoms with Crippen LogP contribution >= 0.6 is 0 Å². The average molecular weight is 390 g/mol. The lowest BCUT2D eigenvalue weighted by molar-refractivity contribution is -0.0124. The van der Waals surface area contributed by atoms with Crippen molar-refractivity contribution in [3.05, 3.63) is 60.2 Å². The molecule has 0 bridgehead atoms. The SMILES string of the molecule is c1ccc(C2=NN=C(c3ccccn3)C3(N4CCOCC4)CCCCCC23)nc1. The summed E-state index contributed by atoms with van der Waals surface area (Å²) in [5.41, 5.74) is 3.73. The molecular weight excluding hydrogens is 362 g/mol. The summed E-state index contributed by atoms with van der Waals surface area (Å²) in [6.07, 6.45) is 9.51. The van der Waals surface area contributed by atoms with Gasteiger partial charge in [0.1, 0.15) is 5.71 Å². The van der Waals surface area contributed by atoms with E-state index in [2.05, 4.69) is 27.0 Å². The predicted octanol–water partition coefficient (Wildman–Crippen LogP) is 3.33. The zero-order chi connectivity index (χ0) is 19.5. The Labute approximate surface area is 171 Å². The molecule has 5 rings (SSSR count). The molecule has 1 aliphatic carbocycles. The maximum absolute atomic E-state index is 5.71. The summed E-state index contributed by atoms with van der Waals surface area (Å²) < 4.78 is 5.71. The van der Waals surface area contributed by atoms with E-state index in [-0.39, 0.29) is 11.5 Å². The molecule has 0 amide bonds. The largest absolute Gasteiger partial charge is 0.379 e. The number of hydrogen-bond donors (Lipinski definition) is 0. The van der Waals surface area contributed by atoms with Crippen LogP contribution in [0.2, 0.25) is 0 Å². The van der Waals surface area contributed by atoms with Crippen LogP contribution in [0.15, 0.2) is 59.0 Å². The Morgan fingerprint density at radius 3 is 2.34 bits per heavy atom. The second-order valence-electron chi connectivity index (χ2n) is 8.04. The Balaban J connectivity index is 1.70. The van der Waals surface area contributed by atoms with Crippen LogP contribution in [0.3, 0.4) is 0 Å². The summed E-state index contributed by atoms with van der Waals surface area (Å²) >= 11 is 0. The molecule has 0 radical (unpaired) electrons. The Hall–Kier alpha value is -2.44. The molecule has 150 valence electrons. The van der Waals surface area contributed by atoms with Crippen molar-refractivity contribution in [2.45, 2.75) is 37.6 Å². The van der Waals surface area contributed by atoms with Crippen molar-refractivity contribution >= 4 is 11.4 Å². The summed E-state index contributed by atoms with van der Waals surface area (Å²) in [5, 5.41) is 9.62. The van der Waals surface area contributed by atoms with Gasteiger partial charge in [-0.25, -0.2) is 0 Å². The summed E-state index contributed by atoms with van der Waals surface area (Å²) in [6, 6.07) is 12.1. The van der Waals surface area contributed by atoms with Crippen LogP contribution in [-0.2, 0) is 4.74 Å². The fourth-order valence-electron chi connectivity index (χ4n) is 5.25. The van der Waals surface area contributed by atoms with Gasteiger partial charge in [0.05, 0.1) is 35.9 Å². The first-order chi connectivity index (χ1) is 14.4. The van der Waals surface area contributed by atoms with Gasteiger partial charge in [-0.3, -0.25) is 14.9 Å². The molecule has 2 atom stereocenters. The number of morpholine rings is 1. The minimum atomic E-state index is -0.205. The Bertz CT molecular complexity index is 892. The molecule has 2 aromatic rings. The number of nitrogens with zero attached hydrogens (tertiary/aromatic N) is 5. The predicted molar refractivity (Wildman–Crippen MR) is 113 cm³/mol. The van der Waals surface area contributed by atoms with Crippen LogP contribution in [0, 0.1) is 5.92 Å². The second kappa shape index (κ2) is 8.13. The highest BCUT2D eigenvalue weighted by molar-refractivity contribution is 6.14. The zero-order valence-electron chi connectivity index (χ0n) is 16.7. The van der Waals surface area contributed by atoms with E-state index in [1.165, 1.54) is 19.3 Å². The van der Waals surface area contributed by atoms with E-state index in [0.717, 1.165) is 62.0 Å². The number of aromatic nitrogens is 2. The highest BCUT2D eigenvalue weighted by atomic mass is 16.5. The van der Waals surface area contributed by atoms with Crippen molar-refractivity contribution in [2.24, 2.45) is 16.1 Å². The quantitative estimate of drug-likeness (QED) is 0.808. The van der Waals surface area contributed by atoms with E-state index in [1.807, 2.05) is 36.7 Å². The monoisotopic (exact) mass is 389 g/mol. The molecule has 29 heavy (non-hydrogen) atoms. The third-order valence-electron chi connectivity index (χ3n) is 6.54. The smallest absolute Gasteiger partial charge is 0.110 e. The Kier molecular flexibility index (Phi) is 5.21. The number of ether oxygens (including phenoxy) is 1. The first kappa shape index (κ1) is 18.6. The summed E-state index contributed by atoms with van der Waals surface area (Å²) in [4.78, 5) is 11.9. The van der Waals surface area contributed by atoms with E-state index in [4.69, 9.17) is 14.9 Å². The summed E-state index contributed by atoms with van der Waals surface area (Å²) in [6.45, 7) is 3.36. The van der Waals surface area contributed by atoms with Crippen molar-refractivity contribution in [1.82, 2.24) is 14.9 Å². The van der Waals surface area contributed by atoms with Gasteiger partial charge >= 0.3 is 0 Å². The lowest BCUT2D eigenvalue weighted by Crippen LogP contribution is -2.64. The Morgan fingerprint density at radius 1 is 0.862 bits per heavy atom. The lowest BCUT2D eigenvalue weighted by Gasteiger charge is -2.51. The molecule has 0 aromatic carbocycles. The highest BCUT2D eigenvalue weighted by Crippen LogP contribution is 2.44. The van der Waals surface area contributed by atoms with Crippen molar-refractivity contribution < 1.29 is 4.74 Å². The van der Waals surface area contributed by atoms with E-state index < -0.39 is 0 Å².